The molecule has 2 rings (SSSR count). The van der Waals surface area contributed by atoms with Gasteiger partial charge in [-0.1, -0.05) is 29.8 Å². The Hall–Kier alpha value is -1.52. The number of pyridine rings is 1. The van der Waals surface area contributed by atoms with Crippen LogP contribution < -0.4 is 5.32 Å². The average molecular weight is 307 g/mol. The van der Waals surface area contributed by atoms with Gasteiger partial charge in [0.15, 0.2) is 0 Å². The summed E-state index contributed by atoms with van der Waals surface area (Å²) >= 11 is 7.68. The monoisotopic (exact) mass is 306 g/mol. The number of hydrogen-bond acceptors (Lipinski definition) is 3. The molecule has 20 heavy (non-hydrogen) atoms. The number of thioether (sulfide) groups is 1. The molecular formula is C15H15ClN2OS. The van der Waals surface area contributed by atoms with Crippen molar-refractivity contribution in [2.24, 2.45) is 0 Å². The third kappa shape index (κ3) is 4.87. The summed E-state index contributed by atoms with van der Waals surface area (Å²) in [5, 5.41) is 3.25. The Balaban J connectivity index is 1.69. The lowest BCUT2D eigenvalue weighted by atomic mass is 10.3. The fourth-order valence-electron chi connectivity index (χ4n) is 1.63. The minimum Gasteiger partial charge on any atom is -0.325 e. The Bertz CT molecular complexity index is 563. The zero-order valence-electron chi connectivity index (χ0n) is 10.9. The van der Waals surface area contributed by atoms with E-state index in [0.29, 0.717) is 17.1 Å². The summed E-state index contributed by atoms with van der Waals surface area (Å²) in [6.45, 7) is 0. The number of carbonyl (C=O) groups is 1. The summed E-state index contributed by atoms with van der Waals surface area (Å²) in [6.07, 6.45) is 4.43. The van der Waals surface area contributed by atoms with Gasteiger partial charge in [0.1, 0.15) is 0 Å². The predicted octanol–water partition coefficient (Wildman–Crippen LogP) is 4.25. The normalized spacial score (nSPS) is 10.2. The summed E-state index contributed by atoms with van der Waals surface area (Å²) in [7, 11) is 0. The molecule has 0 aliphatic rings. The van der Waals surface area contributed by atoms with Crippen LogP contribution in [0, 0.1) is 0 Å². The maximum Gasteiger partial charge on any atom is 0.224 e. The van der Waals surface area contributed by atoms with E-state index < -0.39 is 0 Å². The van der Waals surface area contributed by atoms with E-state index in [-0.39, 0.29) is 5.91 Å². The summed E-state index contributed by atoms with van der Waals surface area (Å²) in [5.41, 5.74) is 0.613. The zero-order chi connectivity index (χ0) is 14.2. The molecule has 0 unspecified atom stereocenters. The van der Waals surface area contributed by atoms with Crippen molar-refractivity contribution >= 4 is 35.0 Å². The number of nitrogens with one attached hydrogen (secondary N) is 1. The third-order valence-electron chi connectivity index (χ3n) is 2.61. The van der Waals surface area contributed by atoms with Crippen molar-refractivity contribution in [2.75, 3.05) is 11.1 Å². The van der Waals surface area contributed by atoms with E-state index in [2.05, 4.69) is 22.4 Å². The number of benzene rings is 1. The number of anilines is 1. The van der Waals surface area contributed by atoms with Gasteiger partial charge in [-0.25, -0.2) is 0 Å². The lowest BCUT2D eigenvalue weighted by Gasteiger charge is -2.06. The lowest BCUT2D eigenvalue weighted by molar-refractivity contribution is -0.116. The van der Waals surface area contributed by atoms with Crippen molar-refractivity contribution in [1.82, 2.24) is 4.98 Å². The van der Waals surface area contributed by atoms with Crippen LogP contribution in [-0.2, 0) is 4.79 Å². The van der Waals surface area contributed by atoms with Gasteiger partial charge in [0.2, 0.25) is 5.91 Å². The highest BCUT2D eigenvalue weighted by atomic mass is 35.5. The second kappa shape index (κ2) is 7.92. The van der Waals surface area contributed by atoms with Gasteiger partial charge in [-0.15, -0.1) is 11.8 Å². The van der Waals surface area contributed by atoms with Gasteiger partial charge in [0.25, 0.3) is 0 Å². The largest absolute Gasteiger partial charge is 0.325 e. The molecule has 1 N–H and O–H groups in total. The lowest BCUT2D eigenvalue weighted by Crippen LogP contribution is -2.11. The highest BCUT2D eigenvalue weighted by Crippen LogP contribution is 2.20. The molecule has 104 valence electrons. The molecule has 2 aromatic rings. The highest BCUT2D eigenvalue weighted by molar-refractivity contribution is 7.99. The number of amides is 1. The van der Waals surface area contributed by atoms with Gasteiger partial charge in [0.05, 0.1) is 10.7 Å². The Morgan fingerprint density at radius 2 is 2.05 bits per heavy atom. The maximum absolute atomic E-state index is 11.8. The Kier molecular flexibility index (Phi) is 5.89. The molecular weight excluding hydrogens is 292 g/mol. The van der Waals surface area contributed by atoms with Gasteiger partial charge < -0.3 is 5.32 Å². The first kappa shape index (κ1) is 14.9. The predicted molar refractivity (Wildman–Crippen MR) is 84.3 cm³/mol. The molecule has 0 bridgehead atoms. The number of carbonyl (C=O) groups excluding carboxylic acids is 1. The maximum atomic E-state index is 11.8. The molecule has 1 heterocycles. The topological polar surface area (TPSA) is 42.0 Å². The first-order chi connectivity index (χ1) is 9.75. The van der Waals surface area contributed by atoms with Crippen molar-refractivity contribution < 1.29 is 4.79 Å². The van der Waals surface area contributed by atoms with E-state index >= 15 is 0 Å². The SMILES string of the molecule is O=C(CCCSc1ccccc1)Nc1ccncc1Cl. The Labute approximate surface area is 127 Å². The van der Waals surface area contributed by atoms with Crippen molar-refractivity contribution in [3.63, 3.8) is 0 Å². The van der Waals surface area contributed by atoms with Crippen LogP contribution in [0.5, 0.6) is 0 Å². The van der Waals surface area contributed by atoms with E-state index in [1.807, 2.05) is 18.2 Å². The minimum atomic E-state index is -0.0215. The quantitative estimate of drug-likeness (QED) is 0.641. The summed E-state index contributed by atoms with van der Waals surface area (Å²) in [5.74, 6) is 0.897. The molecule has 0 atom stereocenters. The standard InChI is InChI=1S/C15H15ClN2OS/c16-13-11-17-9-8-14(13)18-15(19)7-4-10-20-12-5-2-1-3-6-12/h1-3,5-6,8-9,11H,4,7,10H2,(H,17,18,19). The van der Waals surface area contributed by atoms with E-state index in [9.17, 15) is 4.79 Å². The third-order valence-corrected chi connectivity index (χ3v) is 4.01. The van der Waals surface area contributed by atoms with Gasteiger partial charge in [-0.2, -0.15) is 0 Å². The van der Waals surface area contributed by atoms with E-state index in [1.165, 1.54) is 11.1 Å². The molecule has 0 aliphatic carbocycles. The van der Waals surface area contributed by atoms with E-state index in [0.717, 1.165) is 12.2 Å². The number of aromatic nitrogens is 1. The molecule has 0 saturated carbocycles. The van der Waals surface area contributed by atoms with Gasteiger partial charge >= 0.3 is 0 Å². The van der Waals surface area contributed by atoms with Crippen LogP contribution in [0.4, 0.5) is 5.69 Å². The summed E-state index contributed by atoms with van der Waals surface area (Å²) < 4.78 is 0. The minimum absolute atomic E-state index is 0.0215. The molecule has 3 nitrogen and oxygen atoms in total. The van der Waals surface area contributed by atoms with Crippen molar-refractivity contribution in [2.45, 2.75) is 17.7 Å². The molecule has 0 radical (unpaired) electrons. The fourth-order valence-corrected chi connectivity index (χ4v) is 2.67. The van der Waals surface area contributed by atoms with Gasteiger partial charge in [-0.05, 0) is 30.4 Å². The molecule has 5 heteroatoms. The highest BCUT2D eigenvalue weighted by Gasteiger charge is 2.05. The van der Waals surface area contributed by atoms with Gasteiger partial charge in [0, 0.05) is 23.7 Å². The second-order valence-corrected chi connectivity index (χ2v) is 5.74. The second-order valence-electron chi connectivity index (χ2n) is 4.17. The molecule has 1 amide bonds. The summed E-state index contributed by atoms with van der Waals surface area (Å²) in [6, 6.07) is 11.9. The van der Waals surface area contributed by atoms with Crippen LogP contribution in [0.25, 0.3) is 0 Å². The van der Waals surface area contributed by atoms with Crippen LogP contribution in [-0.4, -0.2) is 16.6 Å². The Morgan fingerprint density at radius 3 is 2.80 bits per heavy atom. The summed E-state index contributed by atoms with van der Waals surface area (Å²) in [4.78, 5) is 16.9. The van der Waals surface area contributed by atoms with Crippen molar-refractivity contribution in [1.29, 1.82) is 0 Å². The first-order valence-electron chi connectivity index (χ1n) is 6.33. The van der Waals surface area contributed by atoms with Gasteiger partial charge in [-0.3, -0.25) is 9.78 Å². The van der Waals surface area contributed by atoms with E-state index in [4.69, 9.17) is 11.6 Å². The molecule has 0 saturated heterocycles. The first-order valence-corrected chi connectivity index (χ1v) is 7.69. The van der Waals surface area contributed by atoms with Crippen LogP contribution in [0.3, 0.4) is 0 Å². The van der Waals surface area contributed by atoms with Crippen molar-refractivity contribution in [3.8, 4) is 0 Å². The number of rotatable bonds is 6. The number of halogens is 1. The fraction of sp³-hybridized carbons (Fsp3) is 0.200. The van der Waals surface area contributed by atoms with E-state index in [1.54, 1.807) is 24.0 Å². The van der Waals surface area contributed by atoms with Crippen LogP contribution in [0.2, 0.25) is 5.02 Å². The number of nitrogens with zero attached hydrogens (tertiary/aromatic N) is 1. The van der Waals surface area contributed by atoms with Crippen molar-refractivity contribution in [3.05, 3.63) is 53.8 Å². The molecule has 1 aromatic heterocycles. The molecule has 0 aliphatic heterocycles. The molecule has 1 aromatic carbocycles. The van der Waals surface area contributed by atoms with Crippen LogP contribution in [0.1, 0.15) is 12.8 Å². The number of hydrogen-bond donors (Lipinski definition) is 1. The van der Waals surface area contributed by atoms with Crippen LogP contribution >= 0.6 is 23.4 Å². The smallest absolute Gasteiger partial charge is 0.224 e. The molecule has 0 spiro atoms. The average Bonchev–Trinajstić information content (AvgIpc) is 2.47. The molecule has 0 fully saturated rings. The zero-order valence-corrected chi connectivity index (χ0v) is 12.5. The Morgan fingerprint density at radius 1 is 1.25 bits per heavy atom. The van der Waals surface area contributed by atoms with Crippen LogP contribution in [0.15, 0.2) is 53.7 Å².